The van der Waals surface area contributed by atoms with Gasteiger partial charge in [0.05, 0.1) is 0 Å². The molecule has 0 N–H and O–H groups in total. The summed E-state index contributed by atoms with van der Waals surface area (Å²) in [6.45, 7) is 5.88. The Morgan fingerprint density at radius 2 is 1.70 bits per heavy atom. The van der Waals surface area contributed by atoms with Crippen molar-refractivity contribution in [1.29, 1.82) is 0 Å². The topological polar surface area (TPSA) is 0 Å². The molecule has 0 spiro atoms. The Bertz CT molecular complexity index is 165. The molecule has 0 nitrogen and oxygen atoms in total. The smallest absolute Gasteiger partial charge is 0 e. The SMILES string of the molecule is Cl.[CH2-]c1ccccc1C.[Zn]. The molecular formula is C8H10ClZn-. The van der Waals surface area contributed by atoms with E-state index in [1.807, 2.05) is 18.2 Å². The molecule has 10 heavy (non-hydrogen) atoms. The Labute approximate surface area is 81.2 Å². The van der Waals surface area contributed by atoms with E-state index in [1.165, 1.54) is 5.56 Å². The zero-order valence-corrected chi connectivity index (χ0v) is 9.92. The maximum absolute atomic E-state index is 3.82. The molecule has 52 valence electrons. The quantitative estimate of drug-likeness (QED) is 0.453. The van der Waals surface area contributed by atoms with Gasteiger partial charge in [0.15, 0.2) is 0 Å². The van der Waals surface area contributed by atoms with Gasteiger partial charge in [-0.1, -0.05) is 13.0 Å². The minimum Gasteiger partial charge on any atom is -0.198 e. The van der Waals surface area contributed by atoms with E-state index in [4.69, 9.17) is 0 Å². The first-order valence-electron chi connectivity index (χ1n) is 2.68. The van der Waals surface area contributed by atoms with E-state index < -0.39 is 0 Å². The van der Waals surface area contributed by atoms with Gasteiger partial charge < -0.3 is 0 Å². The average molecular weight is 207 g/mol. The van der Waals surface area contributed by atoms with E-state index in [-0.39, 0.29) is 31.9 Å². The van der Waals surface area contributed by atoms with Crippen LogP contribution in [0.5, 0.6) is 0 Å². The number of hydrogen-bond acceptors (Lipinski definition) is 0. The molecule has 0 atom stereocenters. The first kappa shape index (κ1) is 12.7. The van der Waals surface area contributed by atoms with Crippen LogP contribution in [0, 0.1) is 13.8 Å². The Morgan fingerprint density at radius 1 is 1.20 bits per heavy atom. The summed E-state index contributed by atoms with van der Waals surface area (Å²) in [5, 5.41) is 0. The van der Waals surface area contributed by atoms with Crippen LogP contribution in [0.15, 0.2) is 24.3 Å². The molecule has 1 aromatic rings. The second kappa shape index (κ2) is 5.76. The molecular weight excluding hydrogens is 197 g/mol. The van der Waals surface area contributed by atoms with Crippen LogP contribution in [0.1, 0.15) is 11.1 Å². The van der Waals surface area contributed by atoms with E-state index in [1.54, 1.807) is 0 Å². The number of hydrogen-bond donors (Lipinski definition) is 0. The normalized spacial score (nSPS) is 7.30. The predicted octanol–water partition coefficient (Wildman–Crippen LogP) is 2.60. The van der Waals surface area contributed by atoms with Gasteiger partial charge in [-0.2, -0.15) is 24.1 Å². The van der Waals surface area contributed by atoms with Crippen molar-refractivity contribution in [3.05, 3.63) is 42.3 Å². The zero-order chi connectivity index (χ0) is 5.98. The molecule has 0 fully saturated rings. The molecule has 1 aromatic carbocycles. The Morgan fingerprint density at radius 3 is 2.00 bits per heavy atom. The van der Waals surface area contributed by atoms with Crippen LogP contribution in [-0.2, 0) is 19.5 Å². The first-order valence-corrected chi connectivity index (χ1v) is 2.68. The molecule has 0 amide bonds. The Kier molecular flexibility index (Phi) is 7.30. The van der Waals surface area contributed by atoms with Crippen molar-refractivity contribution in [2.75, 3.05) is 0 Å². The van der Waals surface area contributed by atoms with Crippen LogP contribution >= 0.6 is 12.4 Å². The monoisotopic (exact) mass is 205 g/mol. The van der Waals surface area contributed by atoms with Crippen molar-refractivity contribution < 1.29 is 19.5 Å². The van der Waals surface area contributed by atoms with Crippen molar-refractivity contribution in [2.24, 2.45) is 0 Å². The fourth-order valence-corrected chi connectivity index (χ4v) is 0.610. The maximum atomic E-state index is 3.82. The summed E-state index contributed by atoms with van der Waals surface area (Å²) in [4.78, 5) is 0. The summed E-state index contributed by atoms with van der Waals surface area (Å²) < 4.78 is 0. The van der Waals surface area contributed by atoms with Crippen LogP contribution in [0.25, 0.3) is 0 Å². The van der Waals surface area contributed by atoms with Crippen molar-refractivity contribution in [3.8, 4) is 0 Å². The molecule has 2 heteroatoms. The van der Waals surface area contributed by atoms with Gasteiger partial charge in [0.1, 0.15) is 0 Å². The van der Waals surface area contributed by atoms with Gasteiger partial charge in [0.25, 0.3) is 0 Å². The summed E-state index contributed by atoms with van der Waals surface area (Å²) in [6, 6.07) is 8.08. The van der Waals surface area contributed by atoms with Crippen LogP contribution in [-0.4, -0.2) is 0 Å². The minimum absolute atomic E-state index is 0. The van der Waals surface area contributed by atoms with Crippen LogP contribution in [0.2, 0.25) is 0 Å². The largest absolute Gasteiger partial charge is 0.198 e. The molecule has 0 aliphatic rings. The minimum atomic E-state index is 0. The third-order valence-corrected chi connectivity index (χ3v) is 1.26. The van der Waals surface area contributed by atoms with E-state index in [2.05, 4.69) is 19.9 Å². The molecule has 0 radical (unpaired) electrons. The molecule has 0 unspecified atom stereocenters. The van der Waals surface area contributed by atoms with E-state index in [0.29, 0.717) is 0 Å². The number of aryl methyl sites for hydroxylation is 1. The predicted molar refractivity (Wildman–Crippen MR) is 42.9 cm³/mol. The summed E-state index contributed by atoms with van der Waals surface area (Å²) >= 11 is 0. The molecule has 0 bridgehead atoms. The Balaban J connectivity index is 0. The maximum Gasteiger partial charge on any atom is 0 e. The van der Waals surface area contributed by atoms with Gasteiger partial charge in [-0.3, -0.25) is 0 Å². The number of benzene rings is 1. The molecule has 1 rings (SSSR count). The van der Waals surface area contributed by atoms with E-state index in [0.717, 1.165) is 5.56 Å². The standard InChI is InChI=1S/C8H9.ClH.Zn/c1-7-5-3-4-6-8(7)2;;/h3-6H,1H2,2H3;1H;/q-1;;. The fourth-order valence-electron chi connectivity index (χ4n) is 0.610. The molecule has 0 saturated heterocycles. The first-order chi connectivity index (χ1) is 3.80. The van der Waals surface area contributed by atoms with Gasteiger partial charge >= 0.3 is 0 Å². The van der Waals surface area contributed by atoms with Crippen LogP contribution < -0.4 is 0 Å². The summed E-state index contributed by atoms with van der Waals surface area (Å²) in [5.74, 6) is 0. The third kappa shape index (κ3) is 3.24. The van der Waals surface area contributed by atoms with Crippen molar-refractivity contribution in [3.63, 3.8) is 0 Å². The Hall–Kier alpha value is 0.00338. The van der Waals surface area contributed by atoms with Crippen LogP contribution in [0.4, 0.5) is 0 Å². The summed E-state index contributed by atoms with van der Waals surface area (Å²) in [7, 11) is 0. The van der Waals surface area contributed by atoms with Gasteiger partial charge in [-0.15, -0.1) is 24.5 Å². The second-order valence-electron chi connectivity index (χ2n) is 1.93. The number of rotatable bonds is 0. The molecule has 0 aliphatic carbocycles. The molecule has 0 heterocycles. The number of halogens is 1. The van der Waals surface area contributed by atoms with Crippen molar-refractivity contribution >= 4 is 12.4 Å². The van der Waals surface area contributed by atoms with Gasteiger partial charge in [-0.05, 0) is 0 Å². The molecule has 0 saturated carbocycles. The zero-order valence-electron chi connectivity index (χ0n) is 6.13. The van der Waals surface area contributed by atoms with E-state index in [9.17, 15) is 0 Å². The van der Waals surface area contributed by atoms with Gasteiger partial charge in [0.2, 0.25) is 0 Å². The summed E-state index contributed by atoms with van der Waals surface area (Å²) in [6.07, 6.45) is 0. The molecule has 0 aliphatic heterocycles. The van der Waals surface area contributed by atoms with Crippen molar-refractivity contribution in [2.45, 2.75) is 6.92 Å². The van der Waals surface area contributed by atoms with E-state index >= 15 is 0 Å². The van der Waals surface area contributed by atoms with Gasteiger partial charge in [0, 0.05) is 19.5 Å². The van der Waals surface area contributed by atoms with Crippen molar-refractivity contribution in [1.82, 2.24) is 0 Å². The summed E-state index contributed by atoms with van der Waals surface area (Å²) in [5.41, 5.74) is 2.38. The van der Waals surface area contributed by atoms with Crippen LogP contribution in [0.3, 0.4) is 0 Å². The second-order valence-corrected chi connectivity index (χ2v) is 1.93. The van der Waals surface area contributed by atoms with Gasteiger partial charge in [-0.25, -0.2) is 0 Å². The third-order valence-electron chi connectivity index (χ3n) is 1.26. The molecule has 0 aromatic heterocycles. The average Bonchev–Trinajstić information content (AvgIpc) is 1.77. The fraction of sp³-hybridized carbons (Fsp3) is 0.125.